The molecule has 1 saturated heterocycles. The summed E-state index contributed by atoms with van der Waals surface area (Å²) >= 11 is 0. The second kappa shape index (κ2) is 13.0. The summed E-state index contributed by atoms with van der Waals surface area (Å²) < 4.78 is 5.43. The Labute approximate surface area is 189 Å². The van der Waals surface area contributed by atoms with Gasteiger partial charge in [-0.1, -0.05) is 25.7 Å². The molecule has 0 aromatic heterocycles. The van der Waals surface area contributed by atoms with Gasteiger partial charge in [-0.2, -0.15) is 0 Å². The summed E-state index contributed by atoms with van der Waals surface area (Å²) in [7, 11) is 0. The number of nitrogens with two attached hydrogens (primary N) is 1. The van der Waals surface area contributed by atoms with E-state index in [4.69, 9.17) is 15.6 Å². The van der Waals surface area contributed by atoms with Gasteiger partial charge in [-0.05, 0) is 71.1 Å². The van der Waals surface area contributed by atoms with Crippen LogP contribution in [-0.4, -0.2) is 71.2 Å². The molecule has 7 heteroatoms. The van der Waals surface area contributed by atoms with Crippen LogP contribution in [0.5, 0.6) is 0 Å². The van der Waals surface area contributed by atoms with Crippen LogP contribution in [-0.2, 0) is 4.74 Å². The van der Waals surface area contributed by atoms with Crippen LogP contribution in [0.25, 0.3) is 0 Å². The van der Waals surface area contributed by atoms with Crippen molar-refractivity contribution in [3.63, 3.8) is 0 Å². The number of hydrogen-bond acceptors (Lipinski definition) is 6. The van der Waals surface area contributed by atoms with Gasteiger partial charge in [0, 0.05) is 44.4 Å². The minimum Gasteiger partial charge on any atom is -0.444 e. The Morgan fingerprint density at radius 2 is 1.48 bits per heavy atom. The zero-order valence-electron chi connectivity index (χ0n) is 20.0. The molecule has 0 spiro atoms. The maximum Gasteiger partial charge on any atom is 0.410 e. The number of piperidine rings is 1. The number of rotatable bonds is 4. The van der Waals surface area contributed by atoms with Gasteiger partial charge in [0.2, 0.25) is 0 Å². The number of carbonyl (C=O) groups is 1. The molecule has 0 bridgehead atoms. The van der Waals surface area contributed by atoms with Crippen LogP contribution in [0.2, 0.25) is 0 Å². The fraction of sp³-hybridized carbons (Fsp3) is 0.958. The zero-order valence-corrected chi connectivity index (χ0v) is 20.0. The van der Waals surface area contributed by atoms with Crippen LogP contribution < -0.4 is 11.1 Å². The quantitative estimate of drug-likeness (QED) is 0.534. The van der Waals surface area contributed by atoms with Gasteiger partial charge in [-0.25, -0.2) is 4.79 Å². The Hall–Kier alpha value is -0.890. The topological polar surface area (TPSA) is 108 Å². The lowest BCUT2D eigenvalue weighted by Gasteiger charge is -2.38. The molecule has 0 aromatic rings. The molecule has 7 nitrogen and oxygen atoms in total. The van der Waals surface area contributed by atoms with Crippen molar-refractivity contribution in [2.75, 3.05) is 26.3 Å². The molecular weight excluding hydrogens is 394 g/mol. The van der Waals surface area contributed by atoms with E-state index in [1.54, 1.807) is 0 Å². The highest BCUT2D eigenvalue weighted by atomic mass is 16.6. The second-order valence-electron chi connectivity index (χ2n) is 10.6. The first-order valence-corrected chi connectivity index (χ1v) is 12.4. The molecule has 31 heavy (non-hydrogen) atoms. The molecule has 3 aliphatic rings. The van der Waals surface area contributed by atoms with Gasteiger partial charge in [-0.3, -0.25) is 0 Å². The SMILES string of the molecule is CC(C)(C)OC(=O)N1CCC(N[C@H]2CCCC[C@@H]2CO)CC1.N[C@H]1CCCC[C@@H]1CO. The number of aliphatic hydroxyl groups is 2. The fourth-order valence-electron chi connectivity index (χ4n) is 4.97. The molecule has 2 aliphatic carbocycles. The Morgan fingerprint density at radius 1 is 0.935 bits per heavy atom. The van der Waals surface area contributed by atoms with Crippen molar-refractivity contribution >= 4 is 6.09 Å². The minimum atomic E-state index is -0.428. The second-order valence-corrected chi connectivity index (χ2v) is 10.6. The number of nitrogens with one attached hydrogen (secondary N) is 1. The van der Waals surface area contributed by atoms with E-state index in [-0.39, 0.29) is 25.3 Å². The first-order valence-electron chi connectivity index (χ1n) is 12.4. The molecule has 3 fully saturated rings. The predicted molar refractivity (Wildman–Crippen MR) is 124 cm³/mol. The van der Waals surface area contributed by atoms with Gasteiger partial charge in [0.25, 0.3) is 0 Å². The van der Waals surface area contributed by atoms with Crippen LogP contribution in [0.15, 0.2) is 0 Å². The summed E-state index contributed by atoms with van der Waals surface area (Å²) in [5.74, 6) is 0.788. The molecule has 5 N–H and O–H groups in total. The van der Waals surface area contributed by atoms with Crippen molar-refractivity contribution < 1.29 is 19.7 Å². The van der Waals surface area contributed by atoms with Crippen molar-refractivity contribution in [1.29, 1.82) is 0 Å². The molecule has 0 aromatic carbocycles. The van der Waals surface area contributed by atoms with E-state index in [2.05, 4.69) is 5.32 Å². The van der Waals surface area contributed by atoms with E-state index in [1.807, 2.05) is 25.7 Å². The number of ether oxygens (including phenoxy) is 1. The van der Waals surface area contributed by atoms with Crippen molar-refractivity contribution in [2.45, 2.75) is 109 Å². The van der Waals surface area contributed by atoms with Crippen LogP contribution in [0.3, 0.4) is 0 Å². The summed E-state index contributed by atoms with van der Waals surface area (Å²) in [5, 5.41) is 22.0. The lowest BCUT2D eigenvalue weighted by molar-refractivity contribution is 0.0189. The van der Waals surface area contributed by atoms with Gasteiger partial charge in [0.05, 0.1) is 0 Å². The molecule has 0 unspecified atom stereocenters. The van der Waals surface area contributed by atoms with Crippen LogP contribution in [0, 0.1) is 11.8 Å². The Bertz CT molecular complexity index is 517. The number of hydrogen-bond donors (Lipinski definition) is 4. The number of nitrogens with zero attached hydrogens (tertiary/aromatic N) is 1. The number of amides is 1. The van der Waals surface area contributed by atoms with Crippen molar-refractivity contribution in [3.8, 4) is 0 Å². The van der Waals surface area contributed by atoms with Crippen LogP contribution in [0.1, 0.15) is 85.0 Å². The van der Waals surface area contributed by atoms with E-state index < -0.39 is 5.60 Å². The van der Waals surface area contributed by atoms with E-state index in [9.17, 15) is 9.90 Å². The van der Waals surface area contributed by atoms with Crippen LogP contribution in [0.4, 0.5) is 4.79 Å². The zero-order chi connectivity index (χ0) is 22.9. The van der Waals surface area contributed by atoms with Crippen molar-refractivity contribution in [2.24, 2.45) is 17.6 Å². The third kappa shape index (κ3) is 9.24. The molecule has 182 valence electrons. The highest BCUT2D eigenvalue weighted by Gasteiger charge is 2.30. The largest absolute Gasteiger partial charge is 0.444 e. The van der Waals surface area contributed by atoms with E-state index >= 15 is 0 Å². The summed E-state index contributed by atoms with van der Waals surface area (Å²) in [5.41, 5.74) is 5.30. The van der Waals surface area contributed by atoms with Gasteiger partial charge >= 0.3 is 6.09 Å². The first kappa shape index (κ1) is 26.4. The predicted octanol–water partition coefficient (Wildman–Crippen LogP) is 3.02. The van der Waals surface area contributed by atoms with E-state index in [1.165, 1.54) is 25.7 Å². The third-order valence-electron chi connectivity index (χ3n) is 6.94. The molecule has 4 atom stereocenters. The summed E-state index contributed by atoms with van der Waals surface area (Å²) in [6.45, 7) is 7.77. The normalized spacial score (nSPS) is 30.3. The van der Waals surface area contributed by atoms with Gasteiger partial charge in [0.1, 0.15) is 5.60 Å². The standard InChI is InChI=1S/C17H32N2O3.C7H15NO/c1-17(2,3)22-16(21)19-10-8-14(9-11-19)18-15-7-5-4-6-13(15)12-20;8-7-4-2-1-3-6(7)5-9/h13-15,18,20H,4-12H2,1-3H3;6-7,9H,1-5,8H2/t13-,15+;6-,7+/m11/s1. The number of carbonyl (C=O) groups excluding carboxylic acids is 1. The minimum absolute atomic E-state index is 0.197. The summed E-state index contributed by atoms with van der Waals surface area (Å²) in [4.78, 5) is 13.9. The monoisotopic (exact) mass is 441 g/mol. The molecule has 2 saturated carbocycles. The van der Waals surface area contributed by atoms with Gasteiger partial charge in [0.15, 0.2) is 0 Å². The maximum absolute atomic E-state index is 12.1. The molecule has 1 amide bonds. The lowest BCUT2D eigenvalue weighted by Crippen LogP contribution is -2.51. The molecule has 1 aliphatic heterocycles. The van der Waals surface area contributed by atoms with Gasteiger partial charge in [-0.15, -0.1) is 0 Å². The Kier molecular flexibility index (Phi) is 11.0. The average Bonchev–Trinajstić information content (AvgIpc) is 2.74. The van der Waals surface area contributed by atoms with Crippen molar-refractivity contribution in [3.05, 3.63) is 0 Å². The van der Waals surface area contributed by atoms with E-state index in [0.717, 1.165) is 51.6 Å². The number of likely N-dealkylation sites (tertiary alicyclic amines) is 1. The summed E-state index contributed by atoms with van der Waals surface area (Å²) in [6, 6.07) is 1.16. The lowest BCUT2D eigenvalue weighted by atomic mass is 9.84. The molecule has 3 rings (SSSR count). The maximum atomic E-state index is 12.1. The highest BCUT2D eigenvalue weighted by Crippen LogP contribution is 2.26. The number of aliphatic hydroxyl groups excluding tert-OH is 2. The summed E-state index contributed by atoms with van der Waals surface area (Å²) in [6.07, 6.45) is 11.2. The third-order valence-corrected chi connectivity index (χ3v) is 6.94. The molecular formula is C24H47N3O4. The fourth-order valence-corrected chi connectivity index (χ4v) is 4.97. The molecule has 0 radical (unpaired) electrons. The van der Waals surface area contributed by atoms with Gasteiger partial charge < -0.3 is 30.9 Å². The Balaban J connectivity index is 0.000000316. The Morgan fingerprint density at radius 3 is 2.00 bits per heavy atom. The van der Waals surface area contributed by atoms with E-state index in [0.29, 0.717) is 23.9 Å². The first-order chi connectivity index (χ1) is 14.7. The molecule has 1 heterocycles. The smallest absolute Gasteiger partial charge is 0.410 e. The van der Waals surface area contributed by atoms with Crippen molar-refractivity contribution in [1.82, 2.24) is 10.2 Å². The average molecular weight is 442 g/mol. The van der Waals surface area contributed by atoms with Crippen LogP contribution >= 0.6 is 0 Å². The highest BCUT2D eigenvalue weighted by molar-refractivity contribution is 5.68.